The van der Waals surface area contributed by atoms with Gasteiger partial charge in [-0.25, -0.2) is 4.98 Å². The van der Waals surface area contributed by atoms with Gasteiger partial charge in [0.05, 0.1) is 22.8 Å². The Labute approximate surface area is 484 Å². The van der Waals surface area contributed by atoms with Gasteiger partial charge in [0.1, 0.15) is 23.0 Å². The Kier molecular flexibility index (Phi) is 24.4. The largest absolute Gasteiger partial charge is 2.00 e. The monoisotopic (exact) mass is 1210 g/mol. The SMILES string of the molecule is CCCCCCc1ccc(/C=C/c2ccnc(-c3cc(C(F)(F)F)n[n-]3)c2)s1.O=COC1=C/C(=C/c2ccnc(-c3cc(/C=C4/C=C(OC=O)CCC4)cc(-c4cc(/C=C5/C=C(OC=O)CCC5)ccn4)n3)c2)CCC1.[N-]=C=S.[Ru+2]. The third-order valence-corrected chi connectivity index (χ3v) is 13.7. The van der Waals surface area contributed by atoms with Gasteiger partial charge in [-0.05, 0) is 181 Å². The van der Waals surface area contributed by atoms with Crippen LogP contribution >= 0.6 is 23.6 Å². The summed E-state index contributed by atoms with van der Waals surface area (Å²) in [5, 5.41) is 15.3. The summed E-state index contributed by atoms with van der Waals surface area (Å²) < 4.78 is 53.5. The first kappa shape index (κ1) is 61.5. The second-order valence-corrected chi connectivity index (χ2v) is 19.8. The van der Waals surface area contributed by atoms with Crippen LogP contribution in [-0.2, 0) is 60.7 Å². The molecule has 13 nitrogen and oxygen atoms in total. The maximum absolute atomic E-state index is 12.7. The van der Waals surface area contributed by atoms with Crippen LogP contribution in [0.2, 0.25) is 0 Å². The number of carbonyl (C=O) groups is 3. The van der Waals surface area contributed by atoms with E-state index < -0.39 is 11.9 Å². The van der Waals surface area contributed by atoms with Crippen molar-refractivity contribution >= 4 is 78.5 Å². The predicted molar refractivity (Wildman–Crippen MR) is 305 cm³/mol. The first-order chi connectivity index (χ1) is 38.4. The van der Waals surface area contributed by atoms with Crippen molar-refractivity contribution in [2.75, 3.05) is 0 Å². The molecule has 0 spiro atoms. The topological polar surface area (TPSA) is 180 Å². The van der Waals surface area contributed by atoms with Gasteiger partial charge in [-0.2, -0.15) is 18.3 Å². The van der Waals surface area contributed by atoms with Gasteiger partial charge in [-0.15, -0.1) is 11.3 Å². The van der Waals surface area contributed by atoms with Crippen molar-refractivity contribution in [3.63, 3.8) is 0 Å². The number of nitrogens with zero attached hydrogens (tertiary/aromatic N) is 7. The number of rotatable bonds is 19. The number of ether oxygens (including phenoxy) is 3. The van der Waals surface area contributed by atoms with Gasteiger partial charge in [-0.3, -0.25) is 29.3 Å². The maximum atomic E-state index is 12.7. The second-order valence-electron chi connectivity index (χ2n) is 18.4. The summed E-state index contributed by atoms with van der Waals surface area (Å²) in [6, 6.07) is 20.6. The van der Waals surface area contributed by atoms with Crippen molar-refractivity contribution in [2.45, 2.75) is 103 Å². The zero-order chi connectivity index (χ0) is 55.8. The van der Waals surface area contributed by atoms with Crippen molar-refractivity contribution < 1.29 is 61.2 Å². The quantitative estimate of drug-likeness (QED) is 0.0187. The molecule has 0 aromatic carbocycles. The second kappa shape index (κ2) is 31.8. The zero-order valence-corrected chi connectivity index (χ0v) is 47.1. The molecule has 9 rings (SSSR count). The van der Waals surface area contributed by atoms with Crippen LogP contribution in [0.1, 0.15) is 128 Å². The van der Waals surface area contributed by atoms with E-state index in [1.54, 1.807) is 42.1 Å². The Hall–Kier alpha value is -7.69. The molecule has 0 bridgehead atoms. The Balaban J connectivity index is 0.000000274. The van der Waals surface area contributed by atoms with E-state index >= 15 is 0 Å². The summed E-state index contributed by atoms with van der Waals surface area (Å²) >= 11 is 5.47. The molecule has 0 aliphatic heterocycles. The summed E-state index contributed by atoms with van der Waals surface area (Å²) in [5.74, 6) is 1.99. The Morgan fingerprint density at radius 2 is 1.10 bits per heavy atom. The molecule has 0 fully saturated rings. The van der Waals surface area contributed by atoms with Gasteiger partial charge >= 0.3 is 25.7 Å². The van der Waals surface area contributed by atoms with Crippen LogP contribution in [0, 0.1) is 0 Å². The number of hydrogen-bond acceptors (Lipinski definition) is 13. The summed E-state index contributed by atoms with van der Waals surface area (Å²) in [6.07, 6.45) is 30.2. The van der Waals surface area contributed by atoms with Crippen molar-refractivity contribution in [3.05, 3.63) is 181 Å². The first-order valence-corrected chi connectivity index (χ1v) is 27.0. The molecular weight excluding hydrogens is 1150 g/mol. The molecular formula is C61H56F3N7O6RuS2. The molecule has 0 saturated heterocycles. The minimum Gasteiger partial charge on any atom is -0.753 e. The van der Waals surface area contributed by atoms with Crippen molar-refractivity contribution in [1.82, 2.24) is 30.1 Å². The van der Waals surface area contributed by atoms with Gasteiger partial charge in [0, 0.05) is 53.3 Å². The Morgan fingerprint density at radius 3 is 1.59 bits per heavy atom. The number of thiocarbonyl (C=S) groups is 1. The number of thiophene rings is 1. The van der Waals surface area contributed by atoms with Gasteiger partial charge < -0.3 is 29.8 Å². The summed E-state index contributed by atoms with van der Waals surface area (Å²) in [6.45, 7) is 3.62. The summed E-state index contributed by atoms with van der Waals surface area (Å²) in [7, 11) is 0. The molecule has 0 radical (unpaired) electrons. The molecule has 0 saturated carbocycles. The van der Waals surface area contributed by atoms with Crippen molar-refractivity contribution in [3.8, 4) is 34.2 Å². The molecule has 3 aliphatic rings. The number of aromatic nitrogens is 6. The fraction of sp³-hybridized carbons (Fsp3) is 0.262. The smallest absolute Gasteiger partial charge is 0.753 e. The number of unbranched alkanes of at least 4 members (excludes halogenated alkanes) is 3. The number of halogens is 3. The molecule has 6 aromatic rings. The molecule has 19 heteroatoms. The van der Waals surface area contributed by atoms with Crippen LogP contribution in [0.3, 0.4) is 0 Å². The number of isothiocyanates is 1. The molecule has 6 aromatic heterocycles. The minimum absolute atomic E-state index is 0. The number of carbonyl (C=O) groups excluding carboxylic acids is 3. The van der Waals surface area contributed by atoms with Gasteiger partial charge in [0.25, 0.3) is 19.4 Å². The average Bonchev–Trinajstić information content (AvgIpc) is 4.16. The normalized spacial score (nSPS) is 15.7. The standard InChI is InChI=1S/C39H35N3O6.C21H21F3N3S.CNS.Ru/c43-24-46-33-7-1-4-27(17-33)14-30-10-12-40-36(20-30)38-22-32(16-29-6-3-9-35(19-29)48-26-45)23-39(42-38)37-21-31(11-13-41-37)15-28-5-2-8-34(18-28)47-25-44;1-2-3-4-5-6-16-9-10-17(28-16)8-7-15-11-12-25-18(13-15)19-14-20(27-26-19)21(22,23)24;2-1-3;/h10-26H,1-9H2;7-14H,2-6H2,1H3;;/q;2*-1;+2/b27-14+,28-15+,29-16+;8-7+;;. The van der Waals surface area contributed by atoms with Crippen LogP contribution < -0.4 is 5.10 Å². The number of pyridine rings is 4. The first-order valence-electron chi connectivity index (χ1n) is 25.8. The van der Waals surface area contributed by atoms with Gasteiger partial charge in [0.15, 0.2) is 0 Å². The van der Waals surface area contributed by atoms with E-state index in [0.717, 1.165) is 114 Å². The Morgan fingerprint density at radius 1 is 0.625 bits per heavy atom. The van der Waals surface area contributed by atoms with E-state index in [0.29, 0.717) is 65.2 Å². The van der Waals surface area contributed by atoms with Crippen molar-refractivity contribution in [2.24, 2.45) is 0 Å². The average molecular weight is 1210 g/mol. The molecule has 0 atom stereocenters. The van der Waals surface area contributed by atoms with E-state index in [-0.39, 0.29) is 25.2 Å². The molecule has 0 unspecified atom stereocenters. The molecule has 412 valence electrons. The van der Waals surface area contributed by atoms with Crippen LogP contribution in [0.4, 0.5) is 13.2 Å². The molecule has 0 amide bonds. The molecule has 80 heavy (non-hydrogen) atoms. The predicted octanol–water partition coefficient (Wildman–Crippen LogP) is 15.2. The van der Waals surface area contributed by atoms with Gasteiger partial charge in [-0.1, -0.05) is 68.4 Å². The third kappa shape index (κ3) is 19.3. The minimum atomic E-state index is -4.50. The van der Waals surface area contributed by atoms with E-state index in [9.17, 15) is 27.6 Å². The third-order valence-electron chi connectivity index (χ3n) is 12.6. The van der Waals surface area contributed by atoms with Crippen LogP contribution in [0.5, 0.6) is 0 Å². The van der Waals surface area contributed by atoms with Crippen molar-refractivity contribution in [1.29, 1.82) is 0 Å². The van der Waals surface area contributed by atoms with Gasteiger partial charge in [0.2, 0.25) is 0 Å². The van der Waals surface area contributed by atoms with Crippen LogP contribution in [-0.4, -0.2) is 49.6 Å². The maximum Gasteiger partial charge on any atom is 2.00 e. The fourth-order valence-corrected chi connectivity index (χ4v) is 9.88. The number of aryl methyl sites for hydroxylation is 1. The molecule has 0 N–H and O–H groups in total. The van der Waals surface area contributed by atoms with E-state index in [2.05, 4.69) is 74.7 Å². The van der Waals surface area contributed by atoms with E-state index in [1.165, 1.54) is 35.7 Å². The number of hydrogen-bond donors (Lipinski definition) is 0. The number of alkyl halides is 3. The number of allylic oxidation sites excluding steroid dienone is 9. The molecule has 3 aliphatic carbocycles. The molecule has 6 heterocycles. The fourth-order valence-electron chi connectivity index (χ4n) is 8.92. The zero-order valence-electron chi connectivity index (χ0n) is 43.7. The summed E-state index contributed by atoms with van der Waals surface area (Å²) in [5.41, 5.74) is 9.14. The van der Waals surface area contributed by atoms with E-state index in [1.807, 2.05) is 66.8 Å². The van der Waals surface area contributed by atoms with E-state index in [4.69, 9.17) is 24.6 Å². The Bertz CT molecular complexity index is 3240. The van der Waals surface area contributed by atoms with Crippen LogP contribution in [0.15, 0.2) is 138 Å². The van der Waals surface area contributed by atoms with Crippen LogP contribution in [0.25, 0.3) is 70.0 Å². The summed E-state index contributed by atoms with van der Waals surface area (Å²) in [4.78, 5) is 53.7.